The van der Waals surface area contributed by atoms with E-state index in [1.165, 1.54) is 0 Å². The monoisotopic (exact) mass is 350 g/mol. The molecule has 2 unspecified atom stereocenters. The fourth-order valence-corrected chi connectivity index (χ4v) is 5.07. The van der Waals surface area contributed by atoms with Crippen molar-refractivity contribution in [2.75, 3.05) is 11.5 Å². The Labute approximate surface area is 121 Å². The summed E-state index contributed by atoms with van der Waals surface area (Å²) in [5.74, 6) is 6.37. The number of hydrazine groups is 1. The van der Waals surface area contributed by atoms with Gasteiger partial charge in [0.05, 0.1) is 33.9 Å². The second-order valence-corrected chi connectivity index (χ2v) is 8.00. The van der Waals surface area contributed by atoms with Crippen LogP contribution in [0.5, 0.6) is 0 Å². The van der Waals surface area contributed by atoms with Crippen molar-refractivity contribution in [2.24, 2.45) is 11.8 Å². The minimum absolute atomic E-state index is 0.0878. The maximum Gasteiger partial charge on any atom is 0.150 e. The summed E-state index contributed by atoms with van der Waals surface area (Å²) < 4.78 is 25.8. The number of nitrogens with one attached hydrogen (secondary N) is 1. The molecule has 0 bridgehead atoms. The summed E-state index contributed by atoms with van der Waals surface area (Å²) >= 11 is 3.47. The number of sulfone groups is 1. The van der Waals surface area contributed by atoms with Gasteiger partial charge in [0.2, 0.25) is 0 Å². The molecule has 0 aliphatic carbocycles. The van der Waals surface area contributed by atoms with Crippen molar-refractivity contribution in [1.82, 2.24) is 15.2 Å². The molecular formula is C11H19BrN4O2S. The van der Waals surface area contributed by atoms with E-state index in [0.717, 1.165) is 23.1 Å². The van der Waals surface area contributed by atoms with Crippen molar-refractivity contribution >= 4 is 25.8 Å². The molecule has 1 aromatic heterocycles. The number of rotatable bonds is 5. The second kappa shape index (κ2) is 5.90. The van der Waals surface area contributed by atoms with Crippen LogP contribution in [0.3, 0.4) is 0 Å². The molecule has 1 aliphatic heterocycles. The zero-order chi connectivity index (χ0) is 14.0. The van der Waals surface area contributed by atoms with Crippen LogP contribution in [-0.2, 0) is 16.4 Å². The SMILES string of the molecule is CCn1ncc(Br)c1C(CC1CCS(=O)(=O)C1)NN. The summed E-state index contributed by atoms with van der Waals surface area (Å²) in [6.45, 7) is 2.76. The quantitative estimate of drug-likeness (QED) is 0.610. The molecule has 6 nitrogen and oxygen atoms in total. The molecule has 1 aliphatic rings. The Balaban J connectivity index is 2.14. The Hall–Kier alpha value is -0.440. The fraction of sp³-hybridized carbons (Fsp3) is 0.727. The predicted octanol–water partition coefficient (Wildman–Crippen LogP) is 0.995. The van der Waals surface area contributed by atoms with Crippen LogP contribution < -0.4 is 11.3 Å². The molecule has 19 heavy (non-hydrogen) atoms. The van der Waals surface area contributed by atoms with Crippen molar-refractivity contribution in [3.05, 3.63) is 16.4 Å². The lowest BCUT2D eigenvalue weighted by atomic mass is 9.97. The molecule has 2 rings (SSSR count). The summed E-state index contributed by atoms with van der Waals surface area (Å²) in [7, 11) is -2.85. The Morgan fingerprint density at radius 2 is 2.42 bits per heavy atom. The van der Waals surface area contributed by atoms with Crippen molar-refractivity contribution in [1.29, 1.82) is 0 Å². The van der Waals surface area contributed by atoms with E-state index in [2.05, 4.69) is 26.5 Å². The molecule has 0 radical (unpaired) electrons. The van der Waals surface area contributed by atoms with Crippen LogP contribution in [-0.4, -0.2) is 29.7 Å². The van der Waals surface area contributed by atoms with Gasteiger partial charge in [0.1, 0.15) is 0 Å². The number of halogens is 1. The minimum atomic E-state index is -2.85. The lowest BCUT2D eigenvalue weighted by molar-refractivity contribution is 0.396. The van der Waals surface area contributed by atoms with E-state index >= 15 is 0 Å². The Kier molecular flexibility index (Phi) is 4.65. The third-order valence-corrected chi connectivity index (χ3v) is 6.01. The van der Waals surface area contributed by atoms with Crippen LogP contribution in [0.15, 0.2) is 10.7 Å². The summed E-state index contributed by atoms with van der Waals surface area (Å²) in [6.07, 6.45) is 3.17. The number of nitrogens with two attached hydrogens (primary N) is 1. The van der Waals surface area contributed by atoms with Gasteiger partial charge in [-0.1, -0.05) is 0 Å². The molecule has 1 fully saturated rings. The van der Waals surface area contributed by atoms with Crippen molar-refractivity contribution in [3.63, 3.8) is 0 Å². The van der Waals surface area contributed by atoms with Gasteiger partial charge >= 0.3 is 0 Å². The average Bonchev–Trinajstić information content (AvgIpc) is 2.89. The molecule has 0 saturated carbocycles. The number of hydrogen-bond acceptors (Lipinski definition) is 5. The van der Waals surface area contributed by atoms with Crippen LogP contribution in [0.4, 0.5) is 0 Å². The normalized spacial score (nSPS) is 23.6. The molecule has 108 valence electrons. The van der Waals surface area contributed by atoms with E-state index in [1.807, 2.05) is 11.6 Å². The molecule has 3 N–H and O–H groups in total. The number of aryl methyl sites for hydroxylation is 1. The number of hydrogen-bond donors (Lipinski definition) is 2. The van der Waals surface area contributed by atoms with Crippen LogP contribution >= 0.6 is 15.9 Å². The summed E-state index contributed by atoms with van der Waals surface area (Å²) in [5, 5.41) is 4.26. The van der Waals surface area contributed by atoms with Gasteiger partial charge in [-0.25, -0.2) is 8.42 Å². The highest BCUT2D eigenvalue weighted by molar-refractivity contribution is 9.10. The van der Waals surface area contributed by atoms with Gasteiger partial charge in [0.25, 0.3) is 0 Å². The first-order valence-electron chi connectivity index (χ1n) is 6.34. The molecule has 0 aromatic carbocycles. The van der Waals surface area contributed by atoms with E-state index in [-0.39, 0.29) is 17.7 Å². The average molecular weight is 351 g/mol. The number of aromatic nitrogens is 2. The van der Waals surface area contributed by atoms with E-state index in [9.17, 15) is 8.42 Å². The lowest BCUT2D eigenvalue weighted by Gasteiger charge is -2.20. The zero-order valence-electron chi connectivity index (χ0n) is 10.8. The summed E-state index contributed by atoms with van der Waals surface area (Å²) in [6, 6.07) is -0.0878. The summed E-state index contributed by atoms with van der Waals surface area (Å²) in [5.41, 5.74) is 3.77. The van der Waals surface area contributed by atoms with Crippen LogP contribution in [0.2, 0.25) is 0 Å². The maximum atomic E-state index is 11.5. The largest absolute Gasteiger partial charge is 0.271 e. The van der Waals surface area contributed by atoms with Gasteiger partial charge in [-0.3, -0.25) is 16.0 Å². The van der Waals surface area contributed by atoms with E-state index < -0.39 is 9.84 Å². The maximum absolute atomic E-state index is 11.5. The molecule has 2 heterocycles. The first kappa shape index (κ1) is 15.0. The van der Waals surface area contributed by atoms with Gasteiger partial charge < -0.3 is 0 Å². The minimum Gasteiger partial charge on any atom is -0.271 e. The van der Waals surface area contributed by atoms with Gasteiger partial charge in [-0.05, 0) is 41.6 Å². The zero-order valence-corrected chi connectivity index (χ0v) is 13.2. The Morgan fingerprint density at radius 3 is 2.95 bits per heavy atom. The smallest absolute Gasteiger partial charge is 0.150 e. The van der Waals surface area contributed by atoms with Gasteiger partial charge in [0.15, 0.2) is 9.84 Å². The fourth-order valence-electron chi connectivity index (χ4n) is 2.62. The standard InChI is InChI=1S/C11H19BrN4O2S/c1-2-16-11(9(12)6-14-16)10(15-13)5-8-3-4-19(17,18)7-8/h6,8,10,15H,2-5,7,13H2,1H3. The third-order valence-electron chi connectivity index (χ3n) is 3.56. The van der Waals surface area contributed by atoms with Crippen molar-refractivity contribution in [2.45, 2.75) is 32.4 Å². The molecular weight excluding hydrogens is 332 g/mol. The third kappa shape index (κ3) is 3.36. The summed E-state index contributed by atoms with van der Waals surface area (Å²) in [4.78, 5) is 0. The van der Waals surface area contributed by atoms with Gasteiger partial charge in [-0.2, -0.15) is 5.10 Å². The van der Waals surface area contributed by atoms with Crippen LogP contribution in [0, 0.1) is 5.92 Å². The van der Waals surface area contributed by atoms with E-state index in [1.54, 1.807) is 6.20 Å². The highest BCUT2D eigenvalue weighted by Crippen LogP contribution is 2.31. The molecule has 2 atom stereocenters. The molecule has 0 spiro atoms. The van der Waals surface area contributed by atoms with E-state index in [0.29, 0.717) is 12.2 Å². The van der Waals surface area contributed by atoms with Crippen molar-refractivity contribution in [3.8, 4) is 0 Å². The number of nitrogens with zero attached hydrogens (tertiary/aromatic N) is 2. The first-order valence-corrected chi connectivity index (χ1v) is 8.96. The Bertz CT molecular complexity index is 543. The molecule has 1 saturated heterocycles. The first-order chi connectivity index (χ1) is 8.96. The van der Waals surface area contributed by atoms with Crippen LogP contribution in [0.1, 0.15) is 31.5 Å². The molecule has 8 heteroatoms. The topological polar surface area (TPSA) is 90.0 Å². The predicted molar refractivity (Wildman–Crippen MR) is 77.0 cm³/mol. The van der Waals surface area contributed by atoms with Crippen molar-refractivity contribution < 1.29 is 8.42 Å². The lowest BCUT2D eigenvalue weighted by Crippen LogP contribution is -2.32. The molecule has 1 aromatic rings. The van der Waals surface area contributed by atoms with Gasteiger partial charge in [0, 0.05) is 6.54 Å². The van der Waals surface area contributed by atoms with Gasteiger partial charge in [-0.15, -0.1) is 0 Å². The molecule has 0 amide bonds. The Morgan fingerprint density at radius 1 is 1.68 bits per heavy atom. The highest BCUT2D eigenvalue weighted by atomic mass is 79.9. The van der Waals surface area contributed by atoms with E-state index in [4.69, 9.17) is 5.84 Å². The van der Waals surface area contributed by atoms with Crippen LogP contribution in [0.25, 0.3) is 0 Å². The highest BCUT2D eigenvalue weighted by Gasteiger charge is 2.31. The second-order valence-electron chi connectivity index (χ2n) is 4.92.